The Morgan fingerprint density at radius 1 is 1.29 bits per heavy atom. The summed E-state index contributed by atoms with van der Waals surface area (Å²) in [6.45, 7) is 10.5. The van der Waals surface area contributed by atoms with Crippen LogP contribution in [0.2, 0.25) is 0 Å². The van der Waals surface area contributed by atoms with Gasteiger partial charge in [0.25, 0.3) is 0 Å². The van der Waals surface area contributed by atoms with Crippen LogP contribution in [0.5, 0.6) is 0 Å². The summed E-state index contributed by atoms with van der Waals surface area (Å²) in [5.74, 6) is 2.67. The van der Waals surface area contributed by atoms with Gasteiger partial charge in [0.15, 0.2) is 0 Å². The average Bonchev–Trinajstić information content (AvgIpc) is 2.13. The Hall–Kier alpha value is -0.300. The second-order valence-corrected chi connectivity index (χ2v) is 4.89. The van der Waals surface area contributed by atoms with Gasteiger partial charge in [-0.25, -0.2) is 0 Å². The zero-order valence-electron chi connectivity index (χ0n) is 10.4. The van der Waals surface area contributed by atoms with Crippen LogP contribution in [0.3, 0.4) is 0 Å². The van der Waals surface area contributed by atoms with Gasteiger partial charge < -0.3 is 5.32 Å². The standard InChI is InChI=1S/C13H25N/c1-6-12(8-14-5)11(4)13-9(2)7-10(13)3/h9-10,13-14H,6-8H2,1-5H3/b12-11+. The normalized spacial score (nSPS) is 33.6. The fourth-order valence-electron chi connectivity index (χ4n) is 3.09. The Kier molecular flexibility index (Phi) is 4.18. The first kappa shape index (κ1) is 11.8. The molecule has 2 atom stereocenters. The van der Waals surface area contributed by atoms with Crippen LogP contribution in [0.1, 0.15) is 40.5 Å². The van der Waals surface area contributed by atoms with Crippen LogP contribution in [0, 0.1) is 17.8 Å². The van der Waals surface area contributed by atoms with E-state index in [0.717, 1.165) is 24.3 Å². The van der Waals surface area contributed by atoms with Crippen molar-refractivity contribution >= 4 is 0 Å². The van der Waals surface area contributed by atoms with Gasteiger partial charge >= 0.3 is 0 Å². The van der Waals surface area contributed by atoms with Crippen molar-refractivity contribution in [2.24, 2.45) is 17.8 Å². The van der Waals surface area contributed by atoms with Gasteiger partial charge in [0.05, 0.1) is 0 Å². The van der Waals surface area contributed by atoms with Crippen LogP contribution in [0.25, 0.3) is 0 Å². The smallest absolute Gasteiger partial charge is 0.0164 e. The number of allylic oxidation sites excluding steroid dienone is 1. The summed E-state index contributed by atoms with van der Waals surface area (Å²) >= 11 is 0. The molecule has 0 aromatic heterocycles. The molecule has 1 aliphatic rings. The summed E-state index contributed by atoms with van der Waals surface area (Å²) in [6.07, 6.45) is 2.61. The first-order valence-corrected chi connectivity index (χ1v) is 5.94. The van der Waals surface area contributed by atoms with E-state index in [4.69, 9.17) is 0 Å². The maximum atomic E-state index is 3.27. The molecule has 1 aliphatic carbocycles. The van der Waals surface area contributed by atoms with Crippen molar-refractivity contribution in [2.75, 3.05) is 13.6 Å². The lowest BCUT2D eigenvalue weighted by Gasteiger charge is -2.43. The minimum atomic E-state index is 0.860. The topological polar surface area (TPSA) is 12.0 Å². The molecule has 0 aromatic carbocycles. The monoisotopic (exact) mass is 195 g/mol. The molecule has 14 heavy (non-hydrogen) atoms. The maximum Gasteiger partial charge on any atom is 0.0164 e. The van der Waals surface area contributed by atoms with Crippen LogP contribution in [0.4, 0.5) is 0 Å². The first-order chi connectivity index (χ1) is 6.61. The van der Waals surface area contributed by atoms with Crippen molar-refractivity contribution in [1.29, 1.82) is 0 Å². The van der Waals surface area contributed by atoms with Gasteiger partial charge in [-0.3, -0.25) is 0 Å². The van der Waals surface area contributed by atoms with Crippen LogP contribution in [0.15, 0.2) is 11.1 Å². The van der Waals surface area contributed by atoms with E-state index < -0.39 is 0 Å². The zero-order valence-corrected chi connectivity index (χ0v) is 10.4. The quantitative estimate of drug-likeness (QED) is 0.679. The number of nitrogens with one attached hydrogen (secondary N) is 1. The van der Waals surface area contributed by atoms with E-state index >= 15 is 0 Å². The van der Waals surface area contributed by atoms with Crippen LogP contribution >= 0.6 is 0 Å². The predicted molar refractivity (Wildman–Crippen MR) is 63.4 cm³/mol. The minimum absolute atomic E-state index is 0.860. The van der Waals surface area contributed by atoms with Gasteiger partial charge in [0.2, 0.25) is 0 Å². The molecular formula is C13H25N. The van der Waals surface area contributed by atoms with E-state index in [9.17, 15) is 0 Å². The highest BCUT2D eigenvalue weighted by molar-refractivity contribution is 5.20. The molecule has 82 valence electrons. The summed E-state index contributed by atoms with van der Waals surface area (Å²) in [6, 6.07) is 0. The molecule has 0 aliphatic heterocycles. The second-order valence-electron chi connectivity index (χ2n) is 4.89. The highest BCUT2D eigenvalue weighted by atomic mass is 14.8. The van der Waals surface area contributed by atoms with Crippen molar-refractivity contribution in [3.05, 3.63) is 11.1 Å². The third-order valence-corrected chi connectivity index (χ3v) is 3.84. The summed E-state index contributed by atoms with van der Waals surface area (Å²) < 4.78 is 0. The Morgan fingerprint density at radius 3 is 2.21 bits per heavy atom. The largest absolute Gasteiger partial charge is 0.316 e. The Bertz CT molecular complexity index is 209. The van der Waals surface area contributed by atoms with Crippen molar-refractivity contribution in [1.82, 2.24) is 5.32 Å². The molecule has 0 heterocycles. The third-order valence-electron chi connectivity index (χ3n) is 3.84. The third kappa shape index (κ3) is 2.20. The van der Waals surface area contributed by atoms with Gasteiger partial charge in [-0.15, -0.1) is 0 Å². The van der Waals surface area contributed by atoms with Gasteiger partial charge in [-0.1, -0.05) is 31.9 Å². The van der Waals surface area contributed by atoms with Gasteiger partial charge in [0.1, 0.15) is 0 Å². The molecule has 0 bridgehead atoms. The molecule has 0 amide bonds. The van der Waals surface area contributed by atoms with Gasteiger partial charge in [-0.2, -0.15) is 0 Å². The average molecular weight is 195 g/mol. The number of likely N-dealkylation sites (N-methyl/N-ethyl adjacent to an activating group) is 1. The lowest BCUT2D eigenvalue weighted by molar-refractivity contribution is 0.135. The number of hydrogen-bond donors (Lipinski definition) is 1. The summed E-state index contributed by atoms with van der Waals surface area (Å²) in [5, 5.41) is 3.27. The van der Waals surface area contributed by atoms with Crippen molar-refractivity contribution in [3.63, 3.8) is 0 Å². The van der Waals surface area contributed by atoms with Crippen molar-refractivity contribution in [2.45, 2.75) is 40.5 Å². The highest BCUT2D eigenvalue weighted by Crippen LogP contribution is 2.45. The van der Waals surface area contributed by atoms with Crippen LogP contribution < -0.4 is 5.32 Å². The fraction of sp³-hybridized carbons (Fsp3) is 0.846. The van der Waals surface area contributed by atoms with Crippen molar-refractivity contribution < 1.29 is 0 Å². The lowest BCUT2D eigenvalue weighted by atomic mass is 9.62. The fourth-order valence-corrected chi connectivity index (χ4v) is 3.09. The van der Waals surface area contributed by atoms with Crippen molar-refractivity contribution in [3.8, 4) is 0 Å². The zero-order chi connectivity index (χ0) is 10.7. The Balaban J connectivity index is 2.72. The van der Waals surface area contributed by atoms with Crippen LogP contribution in [-0.2, 0) is 0 Å². The van der Waals surface area contributed by atoms with E-state index in [-0.39, 0.29) is 0 Å². The molecule has 1 rings (SSSR count). The summed E-state index contributed by atoms with van der Waals surface area (Å²) in [7, 11) is 2.04. The van der Waals surface area contributed by atoms with Gasteiger partial charge in [-0.05, 0) is 44.6 Å². The van der Waals surface area contributed by atoms with E-state index in [0.29, 0.717) is 0 Å². The first-order valence-electron chi connectivity index (χ1n) is 5.94. The van der Waals surface area contributed by atoms with E-state index in [2.05, 4.69) is 33.0 Å². The summed E-state index contributed by atoms with van der Waals surface area (Å²) in [4.78, 5) is 0. The second kappa shape index (κ2) is 4.97. The minimum Gasteiger partial charge on any atom is -0.316 e. The van der Waals surface area contributed by atoms with Crippen LogP contribution in [-0.4, -0.2) is 13.6 Å². The van der Waals surface area contributed by atoms with E-state index in [1.807, 2.05) is 7.05 Å². The molecular weight excluding hydrogens is 170 g/mol. The molecule has 2 unspecified atom stereocenters. The highest BCUT2D eigenvalue weighted by Gasteiger charge is 2.36. The molecule has 1 N–H and O–H groups in total. The van der Waals surface area contributed by atoms with E-state index in [1.54, 1.807) is 11.1 Å². The molecule has 1 nitrogen and oxygen atoms in total. The molecule has 0 spiro atoms. The Morgan fingerprint density at radius 2 is 1.86 bits per heavy atom. The molecule has 0 radical (unpaired) electrons. The SMILES string of the molecule is CC/C(CNC)=C(/C)C1C(C)CC1C. The lowest BCUT2D eigenvalue weighted by Crippen LogP contribution is -2.34. The summed E-state index contributed by atoms with van der Waals surface area (Å²) in [5.41, 5.74) is 3.28. The van der Waals surface area contributed by atoms with Gasteiger partial charge in [0, 0.05) is 6.54 Å². The molecule has 1 heteroatoms. The molecule has 1 saturated carbocycles. The number of rotatable bonds is 4. The molecule has 1 fully saturated rings. The molecule has 0 saturated heterocycles. The predicted octanol–water partition coefficient (Wildman–Crippen LogP) is 3.22. The van der Waals surface area contributed by atoms with E-state index in [1.165, 1.54) is 12.8 Å². The molecule has 0 aromatic rings. The Labute approximate surface area is 89.0 Å². The number of hydrogen-bond acceptors (Lipinski definition) is 1. The maximum absolute atomic E-state index is 3.27.